The smallest absolute Gasteiger partial charge is 0.221 e. The topological polar surface area (TPSA) is 84.5 Å². The largest absolute Gasteiger partial charge is 0.496 e. The minimum absolute atomic E-state index is 0.0314. The lowest BCUT2D eigenvalue weighted by Crippen LogP contribution is -2.37. The maximum atomic E-state index is 12.9. The fourth-order valence-electron chi connectivity index (χ4n) is 2.87. The molecule has 6 nitrogen and oxygen atoms in total. The Morgan fingerprint density at radius 2 is 1.50 bits per heavy atom. The number of methoxy groups -OCH3 is 1. The van der Waals surface area contributed by atoms with Gasteiger partial charge in [0.25, 0.3) is 0 Å². The van der Waals surface area contributed by atoms with E-state index in [-0.39, 0.29) is 29.3 Å². The van der Waals surface area contributed by atoms with Gasteiger partial charge in [0.1, 0.15) is 17.1 Å². The SMILES string of the molecule is COc1ccccc1CNC1=C(NC(C)=O)C(=O)c2ccccc2C1=O. The first-order valence-electron chi connectivity index (χ1n) is 8.09. The van der Waals surface area contributed by atoms with E-state index in [0.29, 0.717) is 11.3 Å². The highest BCUT2D eigenvalue weighted by Crippen LogP contribution is 2.25. The van der Waals surface area contributed by atoms with Crippen molar-refractivity contribution in [2.24, 2.45) is 0 Å². The fourth-order valence-corrected chi connectivity index (χ4v) is 2.87. The molecule has 1 aliphatic rings. The number of allylic oxidation sites excluding steroid dienone is 2. The number of para-hydroxylation sites is 1. The molecule has 2 N–H and O–H groups in total. The summed E-state index contributed by atoms with van der Waals surface area (Å²) in [6, 6.07) is 13.9. The highest BCUT2D eigenvalue weighted by atomic mass is 16.5. The normalized spacial score (nSPS) is 13.3. The van der Waals surface area contributed by atoms with Crippen LogP contribution in [0.2, 0.25) is 0 Å². The van der Waals surface area contributed by atoms with E-state index in [2.05, 4.69) is 10.6 Å². The van der Waals surface area contributed by atoms with Crippen LogP contribution in [0.3, 0.4) is 0 Å². The van der Waals surface area contributed by atoms with Gasteiger partial charge in [0.05, 0.1) is 7.11 Å². The molecule has 0 atom stereocenters. The van der Waals surface area contributed by atoms with Crippen LogP contribution >= 0.6 is 0 Å². The van der Waals surface area contributed by atoms with E-state index in [4.69, 9.17) is 4.74 Å². The van der Waals surface area contributed by atoms with Gasteiger partial charge in [-0.05, 0) is 6.07 Å². The number of nitrogens with one attached hydrogen (secondary N) is 2. The number of amides is 1. The number of carbonyl (C=O) groups is 3. The van der Waals surface area contributed by atoms with E-state index in [9.17, 15) is 14.4 Å². The van der Waals surface area contributed by atoms with Crippen LogP contribution < -0.4 is 15.4 Å². The molecule has 0 aromatic heterocycles. The molecule has 0 fully saturated rings. The monoisotopic (exact) mass is 350 g/mol. The van der Waals surface area contributed by atoms with Gasteiger partial charge in [-0.1, -0.05) is 42.5 Å². The Morgan fingerprint density at radius 1 is 0.923 bits per heavy atom. The molecule has 0 bridgehead atoms. The van der Waals surface area contributed by atoms with Crippen LogP contribution in [0, 0.1) is 0 Å². The van der Waals surface area contributed by atoms with Gasteiger partial charge in [0.2, 0.25) is 17.5 Å². The van der Waals surface area contributed by atoms with Crippen molar-refractivity contribution in [3.05, 3.63) is 76.6 Å². The molecule has 0 unspecified atom stereocenters. The summed E-state index contributed by atoms with van der Waals surface area (Å²) in [4.78, 5) is 37.2. The minimum atomic E-state index is -0.419. The van der Waals surface area contributed by atoms with E-state index in [1.165, 1.54) is 6.92 Å². The molecule has 6 heteroatoms. The maximum Gasteiger partial charge on any atom is 0.221 e. The number of rotatable bonds is 5. The average Bonchev–Trinajstić information content (AvgIpc) is 2.65. The second-order valence-corrected chi connectivity index (χ2v) is 5.80. The molecule has 0 heterocycles. The first-order chi connectivity index (χ1) is 12.5. The van der Waals surface area contributed by atoms with Crippen LogP contribution in [0.25, 0.3) is 0 Å². The highest BCUT2D eigenvalue weighted by molar-refractivity contribution is 6.27. The summed E-state index contributed by atoms with van der Waals surface area (Å²) in [5, 5.41) is 5.50. The predicted octanol–water partition coefficient (Wildman–Crippen LogP) is 2.21. The molecule has 0 aliphatic heterocycles. The Bertz CT molecular complexity index is 931. The van der Waals surface area contributed by atoms with Crippen molar-refractivity contribution in [1.82, 2.24) is 10.6 Å². The molecular formula is C20H18N2O4. The number of benzene rings is 2. The Labute approximate surface area is 150 Å². The van der Waals surface area contributed by atoms with Crippen molar-refractivity contribution in [2.75, 3.05) is 7.11 Å². The number of ketones is 2. The average molecular weight is 350 g/mol. The van der Waals surface area contributed by atoms with Crippen molar-refractivity contribution in [1.29, 1.82) is 0 Å². The van der Waals surface area contributed by atoms with Crippen LogP contribution in [-0.2, 0) is 11.3 Å². The van der Waals surface area contributed by atoms with Crippen molar-refractivity contribution in [3.8, 4) is 5.75 Å². The summed E-state index contributed by atoms with van der Waals surface area (Å²) in [7, 11) is 1.56. The van der Waals surface area contributed by atoms with Crippen molar-refractivity contribution < 1.29 is 19.1 Å². The summed E-state index contributed by atoms with van der Waals surface area (Å²) in [6.45, 7) is 1.56. The first-order valence-corrected chi connectivity index (χ1v) is 8.09. The first kappa shape index (κ1) is 17.4. The summed E-state index contributed by atoms with van der Waals surface area (Å²) >= 11 is 0. The molecule has 0 saturated heterocycles. The molecule has 26 heavy (non-hydrogen) atoms. The van der Waals surface area contributed by atoms with Gasteiger partial charge in [-0.2, -0.15) is 0 Å². The van der Waals surface area contributed by atoms with Crippen LogP contribution in [0.4, 0.5) is 0 Å². The van der Waals surface area contributed by atoms with Gasteiger partial charge in [0, 0.05) is 30.2 Å². The van der Waals surface area contributed by atoms with Gasteiger partial charge < -0.3 is 15.4 Å². The molecule has 2 aromatic carbocycles. The lowest BCUT2D eigenvalue weighted by molar-refractivity contribution is -0.118. The van der Waals surface area contributed by atoms with Crippen molar-refractivity contribution in [3.63, 3.8) is 0 Å². The number of hydrogen-bond donors (Lipinski definition) is 2. The molecule has 2 aromatic rings. The minimum Gasteiger partial charge on any atom is -0.496 e. The zero-order chi connectivity index (χ0) is 18.7. The van der Waals surface area contributed by atoms with Crippen LogP contribution in [-0.4, -0.2) is 24.6 Å². The van der Waals surface area contributed by atoms with Crippen LogP contribution in [0.1, 0.15) is 33.2 Å². The molecule has 1 amide bonds. The van der Waals surface area contributed by atoms with Crippen LogP contribution in [0.5, 0.6) is 5.75 Å². The third-order valence-electron chi connectivity index (χ3n) is 4.07. The van der Waals surface area contributed by atoms with Crippen molar-refractivity contribution in [2.45, 2.75) is 13.5 Å². The molecule has 1 aliphatic carbocycles. The third kappa shape index (κ3) is 3.21. The van der Waals surface area contributed by atoms with E-state index in [1.807, 2.05) is 24.3 Å². The van der Waals surface area contributed by atoms with Gasteiger partial charge >= 0.3 is 0 Å². The van der Waals surface area contributed by atoms with Gasteiger partial charge in [-0.15, -0.1) is 0 Å². The number of fused-ring (bicyclic) bond motifs is 1. The maximum absolute atomic E-state index is 12.9. The number of carbonyl (C=O) groups excluding carboxylic acids is 3. The second kappa shape index (κ2) is 7.23. The zero-order valence-electron chi connectivity index (χ0n) is 14.5. The van der Waals surface area contributed by atoms with E-state index in [1.54, 1.807) is 31.4 Å². The molecule has 0 saturated carbocycles. The number of Topliss-reactive ketones (excluding diaryl/α,β-unsaturated/α-hetero) is 2. The second-order valence-electron chi connectivity index (χ2n) is 5.80. The quantitative estimate of drug-likeness (QED) is 0.864. The summed E-state index contributed by atoms with van der Waals surface area (Å²) in [6.07, 6.45) is 0. The Morgan fingerprint density at radius 3 is 2.12 bits per heavy atom. The zero-order valence-corrected chi connectivity index (χ0v) is 14.5. The predicted molar refractivity (Wildman–Crippen MR) is 95.8 cm³/mol. The third-order valence-corrected chi connectivity index (χ3v) is 4.07. The summed E-state index contributed by atoms with van der Waals surface area (Å²) < 4.78 is 5.30. The Kier molecular flexibility index (Phi) is 4.84. The number of hydrogen-bond acceptors (Lipinski definition) is 5. The number of ether oxygens (including phenoxy) is 1. The summed E-state index contributed by atoms with van der Waals surface area (Å²) in [5.41, 5.74) is 1.47. The van der Waals surface area contributed by atoms with Crippen LogP contribution in [0.15, 0.2) is 59.9 Å². The van der Waals surface area contributed by atoms with Crippen molar-refractivity contribution >= 4 is 17.5 Å². The van der Waals surface area contributed by atoms with Gasteiger partial charge in [-0.3, -0.25) is 14.4 Å². The van der Waals surface area contributed by atoms with E-state index in [0.717, 1.165) is 5.56 Å². The standard InChI is InChI=1S/C20H18N2O4/c1-12(23)22-18-17(21-11-13-7-3-6-10-16(13)26-2)19(24)14-8-4-5-9-15(14)20(18)25/h3-10,21H,11H2,1-2H3,(H,22,23). The fraction of sp³-hybridized carbons (Fsp3) is 0.150. The van der Waals surface area contributed by atoms with E-state index < -0.39 is 11.7 Å². The lowest BCUT2D eigenvalue weighted by Gasteiger charge is -2.22. The summed E-state index contributed by atoms with van der Waals surface area (Å²) in [5.74, 6) is -0.481. The molecule has 132 valence electrons. The Balaban J connectivity index is 1.99. The highest BCUT2D eigenvalue weighted by Gasteiger charge is 2.32. The molecule has 0 spiro atoms. The molecule has 0 radical (unpaired) electrons. The molecule has 3 rings (SSSR count). The molecular weight excluding hydrogens is 332 g/mol. The van der Waals surface area contributed by atoms with Gasteiger partial charge in [-0.25, -0.2) is 0 Å². The van der Waals surface area contributed by atoms with Gasteiger partial charge in [0.15, 0.2) is 0 Å². The van der Waals surface area contributed by atoms with E-state index >= 15 is 0 Å². The lowest BCUT2D eigenvalue weighted by atomic mass is 9.90. The Hall–Kier alpha value is -3.41.